The zero-order valence-electron chi connectivity index (χ0n) is 11.4. The second-order valence-corrected chi connectivity index (χ2v) is 5.23. The molecule has 0 aromatic carbocycles. The van der Waals surface area contributed by atoms with Gasteiger partial charge in [0.2, 0.25) is 0 Å². The van der Waals surface area contributed by atoms with Crippen molar-refractivity contribution in [2.24, 2.45) is 0 Å². The first kappa shape index (κ1) is 13.4. The van der Waals surface area contributed by atoms with Gasteiger partial charge in [0, 0.05) is 6.04 Å². The van der Waals surface area contributed by atoms with Gasteiger partial charge < -0.3 is 14.5 Å². The van der Waals surface area contributed by atoms with Crippen LogP contribution in [0.5, 0.6) is 0 Å². The number of hydrogen-bond donors (Lipinski definition) is 1. The second kappa shape index (κ2) is 6.21. The largest absolute Gasteiger partial charge is 0.462 e. The van der Waals surface area contributed by atoms with E-state index in [4.69, 9.17) is 9.15 Å². The van der Waals surface area contributed by atoms with E-state index < -0.39 is 0 Å². The van der Waals surface area contributed by atoms with Gasteiger partial charge in [-0.2, -0.15) is 0 Å². The molecule has 1 aromatic heterocycles. The number of furan rings is 1. The van der Waals surface area contributed by atoms with E-state index in [-0.39, 0.29) is 0 Å². The molecule has 0 unspecified atom stereocenters. The lowest BCUT2D eigenvalue weighted by molar-refractivity contribution is 0.108. The quantitative estimate of drug-likeness (QED) is 0.567. The molecule has 0 atom stereocenters. The van der Waals surface area contributed by atoms with Gasteiger partial charge >= 0.3 is 0 Å². The van der Waals surface area contributed by atoms with Gasteiger partial charge in [-0.05, 0) is 44.7 Å². The summed E-state index contributed by atoms with van der Waals surface area (Å²) in [6, 6.07) is 2.79. The zero-order valence-corrected chi connectivity index (χ0v) is 11.4. The van der Waals surface area contributed by atoms with Crippen molar-refractivity contribution < 1.29 is 9.15 Å². The molecule has 3 heteroatoms. The molecule has 1 heterocycles. The predicted molar refractivity (Wildman–Crippen MR) is 72.4 cm³/mol. The van der Waals surface area contributed by atoms with Crippen molar-refractivity contribution in [1.29, 1.82) is 0 Å². The molecule has 1 fully saturated rings. The van der Waals surface area contributed by atoms with Crippen LogP contribution < -0.4 is 5.32 Å². The van der Waals surface area contributed by atoms with Crippen LogP contribution in [-0.4, -0.2) is 12.6 Å². The van der Waals surface area contributed by atoms with E-state index in [9.17, 15) is 0 Å². The molecule has 1 aromatic rings. The van der Waals surface area contributed by atoms with Crippen LogP contribution in [0.25, 0.3) is 0 Å². The van der Waals surface area contributed by atoms with Crippen molar-refractivity contribution in [3.8, 4) is 0 Å². The standard InChI is InChI=1S/C15H23NO2/c1-11(2)6-7-17-10-14-8-12(3)15(18-14)9-16-13-4-5-13/h8,13,16H,1,4-7,9-10H2,2-3H3. The Bertz CT molecular complexity index is 405. The van der Waals surface area contributed by atoms with Crippen LogP contribution in [0.1, 0.15) is 43.3 Å². The van der Waals surface area contributed by atoms with E-state index in [0.717, 1.165) is 30.1 Å². The summed E-state index contributed by atoms with van der Waals surface area (Å²) >= 11 is 0. The summed E-state index contributed by atoms with van der Waals surface area (Å²) in [7, 11) is 0. The van der Waals surface area contributed by atoms with Gasteiger partial charge in [0.15, 0.2) is 0 Å². The number of nitrogens with one attached hydrogen (secondary N) is 1. The third kappa shape index (κ3) is 4.31. The highest BCUT2D eigenvalue weighted by Gasteiger charge is 2.21. The Balaban J connectivity index is 1.74. The van der Waals surface area contributed by atoms with Crippen LogP contribution in [0.3, 0.4) is 0 Å². The highest BCUT2D eigenvalue weighted by molar-refractivity contribution is 5.19. The van der Waals surface area contributed by atoms with E-state index in [1.807, 2.05) is 6.92 Å². The van der Waals surface area contributed by atoms with Crippen molar-refractivity contribution in [2.75, 3.05) is 6.61 Å². The molecule has 0 amide bonds. The molecule has 1 aliphatic rings. The Hall–Kier alpha value is -1.06. The highest BCUT2D eigenvalue weighted by Crippen LogP contribution is 2.21. The minimum absolute atomic E-state index is 0.553. The molecule has 1 N–H and O–H groups in total. The van der Waals surface area contributed by atoms with E-state index in [2.05, 4.69) is 24.9 Å². The monoisotopic (exact) mass is 249 g/mol. The molecular weight excluding hydrogens is 226 g/mol. The molecule has 100 valence electrons. The Morgan fingerprint density at radius 1 is 1.56 bits per heavy atom. The summed E-state index contributed by atoms with van der Waals surface area (Å²) in [6.45, 7) is 10.1. The van der Waals surface area contributed by atoms with Gasteiger partial charge in [0.1, 0.15) is 18.1 Å². The first-order valence-corrected chi connectivity index (χ1v) is 6.69. The van der Waals surface area contributed by atoms with Gasteiger partial charge in [-0.3, -0.25) is 0 Å². The topological polar surface area (TPSA) is 34.4 Å². The second-order valence-electron chi connectivity index (χ2n) is 5.23. The molecule has 0 bridgehead atoms. The highest BCUT2D eigenvalue weighted by atomic mass is 16.5. The van der Waals surface area contributed by atoms with Crippen molar-refractivity contribution in [3.05, 3.63) is 35.3 Å². The summed E-state index contributed by atoms with van der Waals surface area (Å²) in [5, 5.41) is 3.46. The maximum atomic E-state index is 5.79. The third-order valence-electron chi connectivity index (χ3n) is 3.12. The summed E-state index contributed by atoms with van der Waals surface area (Å²) in [5.74, 6) is 1.96. The number of ether oxygens (including phenoxy) is 1. The minimum atomic E-state index is 0.553. The maximum Gasteiger partial charge on any atom is 0.130 e. The van der Waals surface area contributed by atoms with Gasteiger partial charge in [-0.25, -0.2) is 0 Å². The number of rotatable bonds is 8. The summed E-state index contributed by atoms with van der Waals surface area (Å²) in [5.41, 5.74) is 2.36. The predicted octanol–water partition coefficient (Wildman–Crippen LogP) is 3.32. The van der Waals surface area contributed by atoms with E-state index in [1.165, 1.54) is 18.4 Å². The van der Waals surface area contributed by atoms with Crippen LogP contribution >= 0.6 is 0 Å². The Morgan fingerprint density at radius 3 is 3.00 bits per heavy atom. The van der Waals surface area contributed by atoms with Gasteiger partial charge in [-0.15, -0.1) is 6.58 Å². The van der Waals surface area contributed by atoms with Crippen LogP contribution in [0.2, 0.25) is 0 Å². The smallest absolute Gasteiger partial charge is 0.130 e. The lowest BCUT2D eigenvalue weighted by atomic mass is 10.2. The third-order valence-corrected chi connectivity index (χ3v) is 3.12. The maximum absolute atomic E-state index is 5.79. The molecule has 3 nitrogen and oxygen atoms in total. The fraction of sp³-hybridized carbons (Fsp3) is 0.600. The SMILES string of the molecule is C=C(C)CCOCc1cc(C)c(CNC2CC2)o1. The van der Waals surface area contributed by atoms with Crippen LogP contribution in [0.15, 0.2) is 22.6 Å². The fourth-order valence-electron chi connectivity index (χ4n) is 1.78. The first-order chi connectivity index (χ1) is 8.65. The average Bonchev–Trinajstić information content (AvgIpc) is 3.07. The van der Waals surface area contributed by atoms with Crippen LogP contribution in [0, 0.1) is 6.92 Å². The number of hydrogen-bond acceptors (Lipinski definition) is 3. The van der Waals surface area contributed by atoms with Gasteiger partial charge in [-0.1, -0.05) is 5.57 Å². The Kier molecular flexibility index (Phi) is 4.61. The molecule has 1 saturated carbocycles. The summed E-state index contributed by atoms with van der Waals surface area (Å²) < 4.78 is 11.4. The lowest BCUT2D eigenvalue weighted by Gasteiger charge is -2.02. The van der Waals surface area contributed by atoms with E-state index in [0.29, 0.717) is 19.3 Å². The van der Waals surface area contributed by atoms with Crippen LogP contribution in [0.4, 0.5) is 0 Å². The van der Waals surface area contributed by atoms with Crippen molar-refractivity contribution >= 4 is 0 Å². The number of aryl methyl sites for hydroxylation is 1. The molecule has 0 aliphatic heterocycles. The summed E-state index contributed by atoms with van der Waals surface area (Å²) in [6.07, 6.45) is 3.52. The molecule has 18 heavy (non-hydrogen) atoms. The van der Waals surface area contributed by atoms with Crippen molar-refractivity contribution in [3.63, 3.8) is 0 Å². The fourth-order valence-corrected chi connectivity index (χ4v) is 1.78. The molecule has 0 spiro atoms. The van der Waals surface area contributed by atoms with Gasteiger partial charge in [0.05, 0.1) is 13.2 Å². The van der Waals surface area contributed by atoms with Crippen molar-refractivity contribution in [2.45, 2.75) is 52.3 Å². The Morgan fingerprint density at radius 2 is 2.33 bits per heavy atom. The van der Waals surface area contributed by atoms with E-state index >= 15 is 0 Å². The summed E-state index contributed by atoms with van der Waals surface area (Å²) in [4.78, 5) is 0. The zero-order chi connectivity index (χ0) is 13.0. The lowest BCUT2D eigenvalue weighted by Crippen LogP contribution is -2.15. The molecule has 0 radical (unpaired) electrons. The average molecular weight is 249 g/mol. The van der Waals surface area contributed by atoms with E-state index in [1.54, 1.807) is 0 Å². The Labute approximate surface area is 109 Å². The van der Waals surface area contributed by atoms with Crippen molar-refractivity contribution in [1.82, 2.24) is 5.32 Å². The van der Waals surface area contributed by atoms with Crippen LogP contribution in [-0.2, 0) is 17.9 Å². The normalized spacial score (nSPS) is 15.0. The molecule has 2 rings (SSSR count). The van der Waals surface area contributed by atoms with Gasteiger partial charge in [0.25, 0.3) is 0 Å². The molecule has 0 saturated heterocycles. The molecular formula is C15H23NO2. The first-order valence-electron chi connectivity index (χ1n) is 6.69. The minimum Gasteiger partial charge on any atom is -0.462 e. The molecule has 1 aliphatic carbocycles.